The second-order valence-electron chi connectivity index (χ2n) is 4.30. The van der Waals surface area contributed by atoms with Crippen LogP contribution in [0.3, 0.4) is 0 Å². The van der Waals surface area contributed by atoms with Gasteiger partial charge < -0.3 is 5.11 Å². The molecule has 2 rings (SSSR count). The molecule has 0 spiro atoms. The highest BCUT2D eigenvalue weighted by molar-refractivity contribution is 6.31. The van der Waals surface area contributed by atoms with Gasteiger partial charge in [0, 0.05) is 5.02 Å². The van der Waals surface area contributed by atoms with Gasteiger partial charge in [-0.2, -0.15) is 0 Å². The van der Waals surface area contributed by atoms with Crippen molar-refractivity contribution in [3.63, 3.8) is 0 Å². The molecular formula is C15H13ClO2. The minimum atomic E-state index is -0.910. The average Bonchev–Trinajstić information content (AvgIpc) is 2.33. The van der Waals surface area contributed by atoms with Crippen molar-refractivity contribution in [2.75, 3.05) is 0 Å². The Bertz CT molecular complexity index is 618. The van der Waals surface area contributed by atoms with Crippen molar-refractivity contribution >= 4 is 17.6 Å². The van der Waals surface area contributed by atoms with Gasteiger partial charge in [-0.05, 0) is 48.2 Å². The van der Waals surface area contributed by atoms with Crippen molar-refractivity contribution < 1.29 is 9.90 Å². The summed E-state index contributed by atoms with van der Waals surface area (Å²) in [6, 6.07) is 11.1. The molecule has 18 heavy (non-hydrogen) atoms. The van der Waals surface area contributed by atoms with Crippen LogP contribution in [0.25, 0.3) is 11.1 Å². The summed E-state index contributed by atoms with van der Waals surface area (Å²) in [6.07, 6.45) is 0. The summed E-state index contributed by atoms with van der Waals surface area (Å²) in [7, 11) is 0. The summed E-state index contributed by atoms with van der Waals surface area (Å²) in [6.45, 7) is 3.72. The molecule has 0 atom stereocenters. The topological polar surface area (TPSA) is 37.3 Å². The van der Waals surface area contributed by atoms with Crippen LogP contribution in [0, 0.1) is 13.8 Å². The van der Waals surface area contributed by atoms with Crippen LogP contribution in [0.2, 0.25) is 5.02 Å². The van der Waals surface area contributed by atoms with E-state index in [1.807, 2.05) is 37.3 Å². The monoisotopic (exact) mass is 260 g/mol. The SMILES string of the molecule is Cc1ccc(-c2ccc(C)c(C(=O)O)c2)cc1Cl. The summed E-state index contributed by atoms with van der Waals surface area (Å²) in [5.41, 5.74) is 3.87. The maximum absolute atomic E-state index is 11.1. The summed E-state index contributed by atoms with van der Waals surface area (Å²) >= 11 is 6.08. The number of carboxylic acids is 1. The molecule has 0 amide bonds. The maximum Gasteiger partial charge on any atom is 0.335 e. The minimum Gasteiger partial charge on any atom is -0.478 e. The van der Waals surface area contributed by atoms with Gasteiger partial charge in [0.25, 0.3) is 0 Å². The number of aromatic carboxylic acids is 1. The molecule has 0 bridgehead atoms. The standard InChI is InChI=1S/C15H13ClO2/c1-9-3-5-11(7-13(9)15(17)18)12-6-4-10(2)14(16)8-12/h3-8H,1-2H3,(H,17,18). The average molecular weight is 261 g/mol. The Morgan fingerprint density at radius 1 is 1.00 bits per heavy atom. The van der Waals surface area contributed by atoms with E-state index in [4.69, 9.17) is 16.7 Å². The summed E-state index contributed by atoms with van der Waals surface area (Å²) < 4.78 is 0. The molecule has 0 heterocycles. The lowest BCUT2D eigenvalue weighted by Gasteiger charge is -2.07. The second kappa shape index (κ2) is 4.83. The fourth-order valence-corrected chi connectivity index (χ4v) is 1.98. The summed E-state index contributed by atoms with van der Waals surface area (Å²) in [4.78, 5) is 11.1. The predicted molar refractivity (Wildman–Crippen MR) is 73.3 cm³/mol. The first-order valence-corrected chi connectivity index (χ1v) is 5.97. The number of hydrogen-bond acceptors (Lipinski definition) is 1. The highest BCUT2D eigenvalue weighted by Gasteiger charge is 2.09. The Kier molecular flexibility index (Phi) is 3.39. The molecule has 1 N–H and O–H groups in total. The van der Waals surface area contributed by atoms with Crippen molar-refractivity contribution in [1.29, 1.82) is 0 Å². The maximum atomic E-state index is 11.1. The van der Waals surface area contributed by atoms with Crippen LogP contribution in [0.5, 0.6) is 0 Å². The molecule has 0 saturated heterocycles. The van der Waals surface area contributed by atoms with Gasteiger partial charge in [0.15, 0.2) is 0 Å². The van der Waals surface area contributed by atoms with Crippen LogP contribution >= 0.6 is 11.6 Å². The smallest absolute Gasteiger partial charge is 0.335 e. The molecule has 0 aliphatic heterocycles. The summed E-state index contributed by atoms with van der Waals surface area (Å²) in [5, 5.41) is 9.79. The van der Waals surface area contributed by atoms with E-state index in [0.29, 0.717) is 10.6 Å². The molecule has 0 aliphatic carbocycles. The number of halogens is 1. The van der Waals surface area contributed by atoms with Crippen LogP contribution in [-0.2, 0) is 0 Å². The van der Waals surface area contributed by atoms with Gasteiger partial charge in [0.05, 0.1) is 5.56 Å². The van der Waals surface area contributed by atoms with Crippen molar-refractivity contribution in [3.8, 4) is 11.1 Å². The van der Waals surface area contributed by atoms with E-state index in [1.54, 1.807) is 13.0 Å². The Morgan fingerprint density at radius 3 is 2.11 bits per heavy atom. The first kappa shape index (κ1) is 12.7. The Labute approximate surface area is 111 Å². The number of carboxylic acid groups (broad SMARTS) is 1. The second-order valence-corrected chi connectivity index (χ2v) is 4.71. The van der Waals surface area contributed by atoms with Crippen molar-refractivity contribution in [3.05, 3.63) is 58.1 Å². The Balaban J connectivity index is 2.54. The Morgan fingerprint density at radius 2 is 1.56 bits per heavy atom. The molecule has 0 fully saturated rings. The number of hydrogen-bond donors (Lipinski definition) is 1. The van der Waals surface area contributed by atoms with Gasteiger partial charge in [-0.15, -0.1) is 0 Å². The van der Waals surface area contributed by atoms with E-state index in [2.05, 4.69) is 0 Å². The fourth-order valence-electron chi connectivity index (χ4n) is 1.80. The van der Waals surface area contributed by atoms with E-state index in [-0.39, 0.29) is 0 Å². The zero-order chi connectivity index (χ0) is 13.3. The van der Waals surface area contributed by atoms with E-state index in [9.17, 15) is 4.79 Å². The molecule has 0 unspecified atom stereocenters. The molecule has 92 valence electrons. The molecule has 2 nitrogen and oxygen atoms in total. The number of benzene rings is 2. The molecule has 0 saturated carbocycles. The van der Waals surface area contributed by atoms with Crippen LogP contribution in [0.1, 0.15) is 21.5 Å². The van der Waals surface area contributed by atoms with Crippen LogP contribution < -0.4 is 0 Å². The lowest BCUT2D eigenvalue weighted by Crippen LogP contribution is -1.99. The molecule has 0 aliphatic rings. The van der Waals surface area contributed by atoms with Crippen molar-refractivity contribution in [1.82, 2.24) is 0 Å². The first-order valence-electron chi connectivity index (χ1n) is 5.59. The molecule has 3 heteroatoms. The van der Waals surface area contributed by atoms with Gasteiger partial charge in [0.1, 0.15) is 0 Å². The van der Waals surface area contributed by atoms with Gasteiger partial charge in [0.2, 0.25) is 0 Å². The number of rotatable bonds is 2. The lowest BCUT2D eigenvalue weighted by molar-refractivity contribution is 0.0696. The number of aryl methyl sites for hydroxylation is 2. The molecule has 2 aromatic rings. The van der Waals surface area contributed by atoms with Gasteiger partial charge >= 0.3 is 5.97 Å². The normalized spacial score (nSPS) is 10.4. The highest BCUT2D eigenvalue weighted by atomic mass is 35.5. The highest BCUT2D eigenvalue weighted by Crippen LogP contribution is 2.26. The molecule has 0 radical (unpaired) electrons. The third-order valence-electron chi connectivity index (χ3n) is 2.97. The predicted octanol–water partition coefficient (Wildman–Crippen LogP) is 4.32. The van der Waals surface area contributed by atoms with Crippen LogP contribution in [0.4, 0.5) is 0 Å². The number of carbonyl (C=O) groups is 1. The minimum absolute atomic E-state index is 0.323. The van der Waals surface area contributed by atoms with Gasteiger partial charge in [-0.1, -0.05) is 35.9 Å². The summed E-state index contributed by atoms with van der Waals surface area (Å²) in [5.74, 6) is -0.910. The quantitative estimate of drug-likeness (QED) is 0.873. The third-order valence-corrected chi connectivity index (χ3v) is 3.38. The van der Waals surface area contributed by atoms with E-state index >= 15 is 0 Å². The molecule has 0 aromatic heterocycles. The first-order chi connectivity index (χ1) is 8.49. The van der Waals surface area contributed by atoms with E-state index in [1.165, 1.54) is 0 Å². The Hall–Kier alpha value is -1.80. The fraction of sp³-hybridized carbons (Fsp3) is 0.133. The van der Waals surface area contributed by atoms with Crippen molar-refractivity contribution in [2.24, 2.45) is 0 Å². The van der Waals surface area contributed by atoms with Crippen molar-refractivity contribution in [2.45, 2.75) is 13.8 Å². The molecular weight excluding hydrogens is 248 g/mol. The molecule has 2 aromatic carbocycles. The lowest BCUT2D eigenvalue weighted by atomic mass is 9.99. The zero-order valence-corrected chi connectivity index (χ0v) is 11.0. The zero-order valence-electron chi connectivity index (χ0n) is 10.2. The van der Waals surface area contributed by atoms with E-state index < -0.39 is 5.97 Å². The van der Waals surface area contributed by atoms with Crippen LogP contribution in [-0.4, -0.2) is 11.1 Å². The largest absolute Gasteiger partial charge is 0.478 e. The van der Waals surface area contributed by atoms with Crippen LogP contribution in [0.15, 0.2) is 36.4 Å². The van der Waals surface area contributed by atoms with Gasteiger partial charge in [-0.25, -0.2) is 4.79 Å². The van der Waals surface area contributed by atoms with E-state index in [0.717, 1.165) is 22.3 Å². The third kappa shape index (κ3) is 2.39. The van der Waals surface area contributed by atoms with Gasteiger partial charge in [-0.3, -0.25) is 0 Å².